The number of aromatic nitrogens is 5. The summed E-state index contributed by atoms with van der Waals surface area (Å²) in [5.74, 6) is 1.18. The van der Waals surface area contributed by atoms with Crippen molar-refractivity contribution in [1.29, 1.82) is 0 Å². The van der Waals surface area contributed by atoms with E-state index in [4.69, 9.17) is 9.84 Å². The zero-order valence-electron chi connectivity index (χ0n) is 17.0. The van der Waals surface area contributed by atoms with Crippen molar-refractivity contribution in [2.24, 2.45) is 0 Å². The molecule has 4 heterocycles. The zero-order valence-corrected chi connectivity index (χ0v) is 17.0. The molecule has 9 nitrogen and oxygen atoms in total. The molecule has 0 aliphatic carbocycles. The predicted octanol–water partition coefficient (Wildman–Crippen LogP) is 2.30. The molecule has 31 heavy (non-hydrogen) atoms. The number of hydrogen-bond acceptors (Lipinski definition) is 7. The first-order valence-corrected chi connectivity index (χ1v) is 10.1. The summed E-state index contributed by atoms with van der Waals surface area (Å²) in [7, 11) is 1.75. The Kier molecular flexibility index (Phi) is 5.01. The Morgan fingerprint density at radius 1 is 1.03 bits per heavy atom. The maximum Gasteiger partial charge on any atom is 0.258 e. The molecule has 9 heteroatoms. The monoisotopic (exact) mass is 415 g/mol. The second kappa shape index (κ2) is 8.11. The summed E-state index contributed by atoms with van der Waals surface area (Å²) < 4.78 is 7.10. The molecule has 1 amide bonds. The topological polar surface area (TPSA) is 88.8 Å². The van der Waals surface area contributed by atoms with Gasteiger partial charge in [-0.2, -0.15) is 4.52 Å². The lowest BCUT2D eigenvalue weighted by molar-refractivity contribution is 0.0993. The summed E-state index contributed by atoms with van der Waals surface area (Å²) >= 11 is 0. The minimum absolute atomic E-state index is 0.134. The van der Waals surface area contributed by atoms with E-state index in [1.807, 2.05) is 42.5 Å². The molecule has 0 atom stereocenters. The van der Waals surface area contributed by atoms with E-state index < -0.39 is 0 Å². The molecule has 0 radical (unpaired) electrons. The first-order chi connectivity index (χ1) is 15.2. The molecule has 1 fully saturated rings. The Bertz CT molecular complexity index is 1220. The van der Waals surface area contributed by atoms with Crippen molar-refractivity contribution in [1.82, 2.24) is 24.8 Å². The quantitative estimate of drug-likeness (QED) is 0.505. The predicted molar refractivity (Wildman–Crippen MR) is 116 cm³/mol. The average Bonchev–Trinajstić information content (AvgIpc) is 3.27. The zero-order chi connectivity index (χ0) is 21.2. The maximum atomic E-state index is 13.0. The number of ether oxygens (including phenoxy) is 1. The number of morpholine rings is 1. The highest BCUT2D eigenvalue weighted by molar-refractivity contribution is 6.06. The van der Waals surface area contributed by atoms with Gasteiger partial charge in [0.25, 0.3) is 5.91 Å². The standard InChI is InChI=1S/C22H21N7O2/c1-27(17-5-3-2-4-6-17)22(30)16-9-10-23-18(15-16)21-25-24-19-7-8-20(26-29(19)21)28-11-13-31-14-12-28/h2-10,15H,11-14H2,1H3. The summed E-state index contributed by atoms with van der Waals surface area (Å²) in [5, 5.41) is 13.2. The Morgan fingerprint density at radius 2 is 1.84 bits per heavy atom. The summed E-state index contributed by atoms with van der Waals surface area (Å²) in [6.45, 7) is 2.92. The van der Waals surface area contributed by atoms with Crippen molar-refractivity contribution in [2.75, 3.05) is 43.2 Å². The summed E-state index contributed by atoms with van der Waals surface area (Å²) in [5.41, 5.74) is 2.48. The molecule has 0 N–H and O–H groups in total. The number of carbonyl (C=O) groups is 1. The number of para-hydroxylation sites is 1. The first kappa shape index (κ1) is 19.1. The SMILES string of the molecule is CN(C(=O)c1ccnc(-c2nnc3ccc(N4CCOCC4)nn23)c1)c1ccccc1. The summed E-state index contributed by atoms with van der Waals surface area (Å²) in [4.78, 5) is 21.2. The largest absolute Gasteiger partial charge is 0.378 e. The lowest BCUT2D eigenvalue weighted by Crippen LogP contribution is -2.37. The number of amides is 1. The third-order valence-electron chi connectivity index (χ3n) is 5.27. The molecule has 0 unspecified atom stereocenters. The normalized spacial score (nSPS) is 14.0. The van der Waals surface area contributed by atoms with E-state index in [-0.39, 0.29) is 5.91 Å². The van der Waals surface area contributed by atoms with Crippen LogP contribution in [0.5, 0.6) is 0 Å². The number of anilines is 2. The van der Waals surface area contributed by atoms with Crippen molar-refractivity contribution < 1.29 is 9.53 Å². The Balaban J connectivity index is 1.48. The lowest BCUT2D eigenvalue weighted by atomic mass is 10.2. The number of benzene rings is 1. The number of hydrogen-bond donors (Lipinski definition) is 0. The number of carbonyl (C=O) groups excluding carboxylic acids is 1. The van der Waals surface area contributed by atoms with Crippen LogP contribution in [0.2, 0.25) is 0 Å². The molecular weight excluding hydrogens is 394 g/mol. The Morgan fingerprint density at radius 3 is 2.65 bits per heavy atom. The third-order valence-corrected chi connectivity index (χ3v) is 5.27. The van der Waals surface area contributed by atoms with Crippen molar-refractivity contribution >= 4 is 23.1 Å². The Hall–Kier alpha value is -3.85. The van der Waals surface area contributed by atoms with Gasteiger partial charge in [-0.15, -0.1) is 15.3 Å². The molecule has 1 aromatic carbocycles. The van der Waals surface area contributed by atoms with Gasteiger partial charge in [-0.3, -0.25) is 9.78 Å². The van der Waals surface area contributed by atoms with Crippen LogP contribution in [0.3, 0.4) is 0 Å². The molecule has 0 spiro atoms. The van der Waals surface area contributed by atoms with Crippen molar-refractivity contribution in [3.05, 3.63) is 66.4 Å². The fourth-order valence-corrected chi connectivity index (χ4v) is 3.55. The van der Waals surface area contributed by atoms with E-state index in [0.717, 1.165) is 24.6 Å². The summed E-state index contributed by atoms with van der Waals surface area (Å²) in [6, 6.07) is 16.7. The highest BCUT2D eigenvalue weighted by Crippen LogP contribution is 2.21. The van der Waals surface area contributed by atoms with Gasteiger partial charge in [-0.1, -0.05) is 18.2 Å². The average molecular weight is 415 g/mol. The minimum Gasteiger partial charge on any atom is -0.378 e. The van der Waals surface area contributed by atoms with Gasteiger partial charge >= 0.3 is 0 Å². The number of fused-ring (bicyclic) bond motifs is 1. The third kappa shape index (κ3) is 3.71. The van der Waals surface area contributed by atoms with Crippen molar-refractivity contribution in [3.63, 3.8) is 0 Å². The van der Waals surface area contributed by atoms with E-state index in [2.05, 4.69) is 20.1 Å². The molecule has 0 bridgehead atoms. The van der Waals surface area contributed by atoms with Crippen LogP contribution in [0.1, 0.15) is 10.4 Å². The van der Waals surface area contributed by atoms with Gasteiger partial charge < -0.3 is 14.5 Å². The van der Waals surface area contributed by atoms with Crippen molar-refractivity contribution in [2.45, 2.75) is 0 Å². The molecule has 1 aliphatic rings. The molecule has 156 valence electrons. The lowest BCUT2D eigenvalue weighted by Gasteiger charge is -2.27. The Labute approximate surface area is 178 Å². The van der Waals surface area contributed by atoms with Gasteiger partial charge in [-0.05, 0) is 36.4 Å². The summed E-state index contributed by atoms with van der Waals surface area (Å²) in [6.07, 6.45) is 1.61. The van der Waals surface area contributed by atoms with E-state index in [9.17, 15) is 4.79 Å². The minimum atomic E-state index is -0.134. The van der Waals surface area contributed by atoms with Gasteiger partial charge in [0.05, 0.1) is 13.2 Å². The van der Waals surface area contributed by atoms with E-state index >= 15 is 0 Å². The van der Waals surface area contributed by atoms with Crippen LogP contribution < -0.4 is 9.80 Å². The smallest absolute Gasteiger partial charge is 0.258 e. The molecule has 4 aromatic rings. The molecule has 1 saturated heterocycles. The molecule has 3 aromatic heterocycles. The molecule has 5 rings (SSSR count). The molecular formula is C22H21N7O2. The van der Waals surface area contributed by atoms with Crippen LogP contribution in [-0.4, -0.2) is 64.1 Å². The van der Waals surface area contributed by atoms with Crippen LogP contribution in [0, 0.1) is 0 Å². The van der Waals surface area contributed by atoms with Gasteiger partial charge in [0, 0.05) is 37.6 Å². The van der Waals surface area contributed by atoms with Crippen LogP contribution in [0.25, 0.3) is 17.2 Å². The molecule has 0 saturated carbocycles. The number of pyridine rings is 1. The van der Waals surface area contributed by atoms with Crippen LogP contribution in [0.15, 0.2) is 60.8 Å². The van der Waals surface area contributed by atoms with Gasteiger partial charge in [-0.25, -0.2) is 0 Å². The first-order valence-electron chi connectivity index (χ1n) is 10.1. The maximum absolute atomic E-state index is 13.0. The highest BCUT2D eigenvalue weighted by atomic mass is 16.5. The van der Waals surface area contributed by atoms with E-state index in [1.54, 1.807) is 34.8 Å². The van der Waals surface area contributed by atoms with Crippen molar-refractivity contribution in [3.8, 4) is 11.5 Å². The fraction of sp³-hybridized carbons (Fsp3) is 0.227. The fourth-order valence-electron chi connectivity index (χ4n) is 3.55. The molecule has 1 aliphatic heterocycles. The van der Waals surface area contributed by atoms with Gasteiger partial charge in [0.2, 0.25) is 5.82 Å². The number of rotatable bonds is 4. The van der Waals surface area contributed by atoms with Crippen LogP contribution >= 0.6 is 0 Å². The van der Waals surface area contributed by atoms with E-state index in [0.29, 0.717) is 35.9 Å². The van der Waals surface area contributed by atoms with E-state index in [1.165, 1.54) is 0 Å². The van der Waals surface area contributed by atoms with Gasteiger partial charge in [0.1, 0.15) is 11.5 Å². The van der Waals surface area contributed by atoms with Crippen LogP contribution in [-0.2, 0) is 4.74 Å². The van der Waals surface area contributed by atoms with Gasteiger partial charge in [0.15, 0.2) is 5.65 Å². The number of nitrogens with zero attached hydrogens (tertiary/aromatic N) is 7. The van der Waals surface area contributed by atoms with Crippen LogP contribution in [0.4, 0.5) is 11.5 Å². The highest BCUT2D eigenvalue weighted by Gasteiger charge is 2.19. The second-order valence-corrected chi connectivity index (χ2v) is 7.21. The second-order valence-electron chi connectivity index (χ2n) is 7.21.